The molecule has 0 atom stereocenters. The maximum absolute atomic E-state index is 14.1. The summed E-state index contributed by atoms with van der Waals surface area (Å²) in [6.45, 7) is 2.04. The Kier molecular flexibility index (Phi) is 5.36. The molecule has 6 nitrogen and oxygen atoms in total. The zero-order chi connectivity index (χ0) is 23.4. The zero-order valence-electron chi connectivity index (χ0n) is 17.8. The lowest BCUT2D eigenvalue weighted by Crippen LogP contribution is -2.34. The molecule has 3 aromatic carbocycles. The molecule has 4 aromatic rings. The van der Waals surface area contributed by atoms with Gasteiger partial charge in [-0.15, -0.1) is 0 Å². The fraction of sp³-hybridized carbons (Fsp3) is 0.174. The molecule has 32 heavy (non-hydrogen) atoms. The SMILES string of the molecule is COS(=O)(=O)[O-].Cc1cc2c3c([n+](C)c4ccc(F)cc4c3c1)-c1cc(F)ccc1N2C. The van der Waals surface area contributed by atoms with Crippen LogP contribution in [0.25, 0.3) is 32.9 Å². The second-order valence-corrected chi connectivity index (χ2v) is 8.72. The molecule has 0 bridgehead atoms. The van der Waals surface area contributed by atoms with E-state index < -0.39 is 10.4 Å². The van der Waals surface area contributed by atoms with Gasteiger partial charge in [-0.2, -0.15) is 4.57 Å². The molecule has 0 spiro atoms. The lowest BCUT2D eigenvalue weighted by molar-refractivity contribution is -0.632. The minimum absolute atomic E-state index is 0.258. The minimum atomic E-state index is -4.41. The molecule has 1 aliphatic rings. The molecule has 0 fully saturated rings. The van der Waals surface area contributed by atoms with E-state index in [1.807, 2.05) is 31.7 Å². The summed E-state index contributed by atoms with van der Waals surface area (Å²) in [7, 11) is 0.343. The minimum Gasteiger partial charge on any atom is -0.726 e. The number of pyridine rings is 1. The first-order chi connectivity index (χ1) is 15.0. The standard InChI is InChI=1S/C22H17F2N2.CH4O4S/c1-12-8-16-15-10-13(23)4-6-18(15)26(3)22-17-11-14(24)5-7-19(17)25(2)20(9-12)21(16)22;1-5-6(2,3)4/h4-11H,1-3H3;1H3,(H,2,3,4)/q+1;/p-1. The summed E-state index contributed by atoms with van der Waals surface area (Å²) < 4.78 is 61.1. The molecule has 166 valence electrons. The number of hydrogen-bond donors (Lipinski definition) is 0. The largest absolute Gasteiger partial charge is 0.726 e. The van der Waals surface area contributed by atoms with E-state index in [9.17, 15) is 21.8 Å². The fourth-order valence-electron chi connectivity index (χ4n) is 4.23. The summed E-state index contributed by atoms with van der Waals surface area (Å²) in [5, 5.41) is 2.88. The average molecular weight is 458 g/mol. The summed E-state index contributed by atoms with van der Waals surface area (Å²) in [6, 6.07) is 13.9. The molecule has 5 rings (SSSR count). The topological polar surface area (TPSA) is 73.5 Å². The Morgan fingerprint density at radius 1 is 0.969 bits per heavy atom. The highest BCUT2D eigenvalue weighted by Gasteiger charge is 2.31. The van der Waals surface area contributed by atoms with E-state index in [-0.39, 0.29) is 11.6 Å². The maximum Gasteiger partial charge on any atom is 0.225 e. The van der Waals surface area contributed by atoms with Crippen LogP contribution in [0.4, 0.5) is 20.2 Å². The van der Waals surface area contributed by atoms with Gasteiger partial charge in [0, 0.05) is 18.5 Å². The van der Waals surface area contributed by atoms with Crippen molar-refractivity contribution >= 4 is 43.4 Å². The van der Waals surface area contributed by atoms with Crippen LogP contribution < -0.4 is 9.47 Å². The predicted molar refractivity (Wildman–Crippen MR) is 117 cm³/mol. The molecular weight excluding hydrogens is 438 g/mol. The number of anilines is 2. The van der Waals surface area contributed by atoms with Crippen LogP contribution in [0.3, 0.4) is 0 Å². The number of aromatic nitrogens is 1. The summed E-state index contributed by atoms with van der Waals surface area (Å²) in [5.74, 6) is -0.522. The van der Waals surface area contributed by atoms with E-state index in [4.69, 9.17) is 0 Å². The van der Waals surface area contributed by atoms with Gasteiger partial charge in [0.25, 0.3) is 0 Å². The zero-order valence-corrected chi connectivity index (χ0v) is 18.6. The number of halogens is 2. The Morgan fingerprint density at radius 3 is 2.25 bits per heavy atom. The molecular formula is C23H20F2N2O4S. The number of benzene rings is 3. The lowest BCUT2D eigenvalue weighted by Gasteiger charge is -2.29. The van der Waals surface area contributed by atoms with Crippen molar-refractivity contribution in [3.8, 4) is 11.3 Å². The molecule has 9 heteroatoms. The summed E-state index contributed by atoms with van der Waals surface area (Å²) in [6.07, 6.45) is 0. The van der Waals surface area contributed by atoms with Crippen molar-refractivity contribution in [3.05, 3.63) is 65.7 Å². The first-order valence-corrected chi connectivity index (χ1v) is 11.0. The van der Waals surface area contributed by atoms with E-state index in [2.05, 4.69) is 21.2 Å². The van der Waals surface area contributed by atoms with Gasteiger partial charge < -0.3 is 9.45 Å². The van der Waals surface area contributed by atoms with Crippen molar-refractivity contribution in [2.24, 2.45) is 7.05 Å². The van der Waals surface area contributed by atoms with Crippen molar-refractivity contribution in [2.75, 3.05) is 19.1 Å². The van der Waals surface area contributed by atoms with Crippen molar-refractivity contribution in [1.82, 2.24) is 0 Å². The van der Waals surface area contributed by atoms with Crippen molar-refractivity contribution in [3.63, 3.8) is 0 Å². The molecule has 0 saturated heterocycles. The highest BCUT2D eigenvalue weighted by molar-refractivity contribution is 7.80. The van der Waals surface area contributed by atoms with Crippen LogP contribution in [0.5, 0.6) is 0 Å². The molecule has 1 aliphatic heterocycles. The molecule has 0 radical (unpaired) electrons. The molecule has 0 N–H and O–H groups in total. The third-order valence-electron chi connectivity index (χ3n) is 5.58. The van der Waals surface area contributed by atoms with E-state index in [1.165, 1.54) is 12.1 Å². The van der Waals surface area contributed by atoms with Gasteiger partial charge in [0.15, 0.2) is 0 Å². The van der Waals surface area contributed by atoms with Gasteiger partial charge in [0.05, 0.1) is 34.8 Å². The highest BCUT2D eigenvalue weighted by atomic mass is 32.3. The van der Waals surface area contributed by atoms with E-state index in [1.54, 1.807) is 18.2 Å². The Labute approximate surface area is 184 Å². The van der Waals surface area contributed by atoms with Crippen LogP contribution in [0.15, 0.2) is 48.5 Å². The van der Waals surface area contributed by atoms with Gasteiger partial charge in [-0.1, -0.05) is 6.07 Å². The first-order valence-electron chi connectivity index (χ1n) is 9.62. The monoisotopic (exact) mass is 458 g/mol. The summed E-state index contributed by atoms with van der Waals surface area (Å²) >= 11 is 0. The quantitative estimate of drug-likeness (QED) is 0.185. The molecule has 0 unspecified atom stereocenters. The molecule has 0 aliphatic carbocycles. The van der Waals surface area contributed by atoms with Crippen LogP contribution in [-0.2, 0) is 21.6 Å². The highest BCUT2D eigenvalue weighted by Crippen LogP contribution is 2.47. The number of aryl methyl sites for hydroxylation is 2. The Hall–Kier alpha value is -3.14. The third kappa shape index (κ3) is 3.68. The van der Waals surface area contributed by atoms with Crippen molar-refractivity contribution < 1.29 is 30.5 Å². The Balaban J connectivity index is 0.000000363. The van der Waals surface area contributed by atoms with Gasteiger partial charge in [0.2, 0.25) is 21.6 Å². The second-order valence-electron chi connectivity index (χ2n) is 7.57. The Bertz CT molecular complexity index is 1500. The molecule has 2 heterocycles. The number of hydrogen-bond acceptors (Lipinski definition) is 5. The van der Waals surface area contributed by atoms with Crippen LogP contribution in [0.1, 0.15) is 5.56 Å². The second kappa shape index (κ2) is 7.77. The summed E-state index contributed by atoms with van der Waals surface area (Å²) in [4.78, 5) is 2.09. The average Bonchev–Trinajstić information content (AvgIpc) is 2.73. The van der Waals surface area contributed by atoms with Gasteiger partial charge in [-0.3, -0.25) is 4.18 Å². The lowest BCUT2D eigenvalue weighted by atomic mass is 9.91. The van der Waals surface area contributed by atoms with Gasteiger partial charge in [0.1, 0.15) is 18.7 Å². The maximum atomic E-state index is 14.1. The number of fused-ring (bicyclic) bond motifs is 4. The van der Waals surface area contributed by atoms with Gasteiger partial charge in [-0.25, -0.2) is 17.2 Å². The smallest absolute Gasteiger partial charge is 0.225 e. The molecule has 0 amide bonds. The van der Waals surface area contributed by atoms with E-state index in [0.717, 1.165) is 57.0 Å². The van der Waals surface area contributed by atoms with Gasteiger partial charge in [-0.05, 0) is 48.9 Å². The molecule has 0 saturated carbocycles. The number of nitrogens with zero attached hydrogens (tertiary/aromatic N) is 2. The van der Waals surface area contributed by atoms with E-state index >= 15 is 0 Å². The van der Waals surface area contributed by atoms with E-state index in [0.29, 0.717) is 0 Å². The fourth-order valence-corrected chi connectivity index (χ4v) is 4.23. The third-order valence-corrected chi connectivity index (χ3v) is 5.99. The number of rotatable bonds is 1. The van der Waals surface area contributed by atoms with Crippen LogP contribution in [-0.4, -0.2) is 27.1 Å². The normalized spacial score (nSPS) is 12.5. The van der Waals surface area contributed by atoms with Crippen LogP contribution >= 0.6 is 0 Å². The van der Waals surface area contributed by atoms with Crippen LogP contribution in [0.2, 0.25) is 0 Å². The van der Waals surface area contributed by atoms with Crippen LogP contribution in [0, 0.1) is 18.6 Å². The first kappa shape index (κ1) is 22.1. The Morgan fingerprint density at radius 2 is 1.59 bits per heavy atom. The molecule has 1 aromatic heterocycles. The predicted octanol–water partition coefficient (Wildman–Crippen LogP) is 4.25. The summed E-state index contributed by atoms with van der Waals surface area (Å²) in [5.41, 5.74) is 5.85. The van der Waals surface area contributed by atoms with Gasteiger partial charge >= 0.3 is 0 Å². The van der Waals surface area contributed by atoms with Crippen molar-refractivity contribution in [1.29, 1.82) is 0 Å². The van der Waals surface area contributed by atoms with Crippen molar-refractivity contribution in [2.45, 2.75) is 6.92 Å².